The Labute approximate surface area is 213 Å². The van der Waals surface area contributed by atoms with Crippen LogP contribution >= 0.6 is 23.1 Å². The minimum absolute atomic E-state index is 0.201. The Morgan fingerprint density at radius 3 is 2.69 bits per heavy atom. The number of aromatic nitrogens is 1. The number of hydrazone groups is 1. The van der Waals surface area contributed by atoms with Crippen LogP contribution in [0.4, 0.5) is 0 Å². The van der Waals surface area contributed by atoms with E-state index in [4.69, 9.17) is 9.47 Å². The van der Waals surface area contributed by atoms with Gasteiger partial charge in [0.1, 0.15) is 6.61 Å². The number of carbonyl (C=O) groups excluding carboxylic acids is 1. The number of nitrogens with zero attached hydrogens (tertiary/aromatic N) is 2. The Kier molecular flexibility index (Phi) is 8.53. The van der Waals surface area contributed by atoms with Crippen molar-refractivity contribution in [3.8, 4) is 22.8 Å². The van der Waals surface area contributed by atoms with E-state index in [9.17, 15) is 4.79 Å². The molecule has 0 radical (unpaired) electrons. The first-order chi connectivity index (χ1) is 17.1. The van der Waals surface area contributed by atoms with E-state index >= 15 is 0 Å². The van der Waals surface area contributed by atoms with Gasteiger partial charge in [0.15, 0.2) is 15.8 Å². The van der Waals surface area contributed by atoms with Gasteiger partial charge in [-0.15, -0.1) is 11.3 Å². The first-order valence-corrected chi connectivity index (χ1v) is 12.8. The van der Waals surface area contributed by atoms with E-state index in [1.54, 1.807) is 13.3 Å². The third kappa shape index (κ3) is 6.94. The Balaban J connectivity index is 1.27. The molecule has 1 heterocycles. The molecule has 3 aromatic carbocycles. The van der Waals surface area contributed by atoms with Crippen LogP contribution in [-0.4, -0.2) is 30.0 Å². The lowest BCUT2D eigenvalue weighted by atomic mass is 10.1. The van der Waals surface area contributed by atoms with Gasteiger partial charge in [0.25, 0.3) is 5.91 Å². The summed E-state index contributed by atoms with van der Waals surface area (Å²) in [6.45, 7) is 2.51. The first-order valence-electron chi connectivity index (χ1n) is 10.9. The van der Waals surface area contributed by atoms with Crippen LogP contribution in [0, 0.1) is 6.92 Å². The number of thioether (sulfide) groups is 1. The highest BCUT2D eigenvalue weighted by Gasteiger charge is 2.09. The number of ether oxygens (including phenoxy) is 2. The Bertz CT molecular complexity index is 1310. The molecule has 0 unspecified atom stereocenters. The molecule has 0 saturated heterocycles. The van der Waals surface area contributed by atoms with Crippen molar-refractivity contribution >= 4 is 35.2 Å². The maximum Gasteiger partial charge on any atom is 0.250 e. The van der Waals surface area contributed by atoms with Crippen molar-refractivity contribution in [2.75, 3.05) is 12.9 Å². The summed E-state index contributed by atoms with van der Waals surface area (Å²) in [4.78, 5) is 16.8. The number of amides is 1. The molecule has 0 atom stereocenters. The summed E-state index contributed by atoms with van der Waals surface area (Å²) in [5.41, 5.74) is 7.61. The molecule has 0 spiro atoms. The summed E-state index contributed by atoms with van der Waals surface area (Å²) in [7, 11) is 1.59. The van der Waals surface area contributed by atoms with Crippen LogP contribution in [0.1, 0.15) is 16.7 Å². The quantitative estimate of drug-likeness (QED) is 0.165. The van der Waals surface area contributed by atoms with Gasteiger partial charge >= 0.3 is 0 Å². The fourth-order valence-corrected chi connectivity index (χ4v) is 4.84. The van der Waals surface area contributed by atoms with E-state index in [2.05, 4.69) is 28.5 Å². The van der Waals surface area contributed by atoms with Crippen molar-refractivity contribution in [1.82, 2.24) is 10.4 Å². The van der Waals surface area contributed by atoms with Crippen molar-refractivity contribution < 1.29 is 14.3 Å². The molecular formula is C27H25N3O3S2. The average Bonchev–Trinajstić information content (AvgIpc) is 3.37. The summed E-state index contributed by atoms with van der Waals surface area (Å²) in [6.07, 6.45) is 1.58. The Morgan fingerprint density at radius 2 is 1.89 bits per heavy atom. The molecule has 1 amide bonds. The van der Waals surface area contributed by atoms with Crippen LogP contribution in [0.25, 0.3) is 11.3 Å². The number of hydrogen-bond acceptors (Lipinski definition) is 7. The minimum Gasteiger partial charge on any atom is -0.493 e. The zero-order valence-electron chi connectivity index (χ0n) is 19.4. The lowest BCUT2D eigenvalue weighted by Gasteiger charge is -2.12. The van der Waals surface area contributed by atoms with E-state index in [1.807, 2.05) is 72.1 Å². The largest absolute Gasteiger partial charge is 0.493 e. The molecule has 1 aromatic heterocycles. The number of thiazole rings is 1. The van der Waals surface area contributed by atoms with Crippen molar-refractivity contribution in [2.24, 2.45) is 5.10 Å². The van der Waals surface area contributed by atoms with Crippen LogP contribution in [0.15, 0.2) is 87.6 Å². The molecule has 4 rings (SSSR count). The number of hydrogen-bond donors (Lipinski definition) is 1. The van der Waals surface area contributed by atoms with Crippen LogP contribution in [0.5, 0.6) is 11.5 Å². The standard InChI is InChI=1S/C27H25N3O3S2/c1-19-8-6-7-11-22(19)16-33-24-13-12-20(14-25(24)32-2)15-28-30-26(31)18-35-27-29-23(17-34-27)21-9-4-3-5-10-21/h3-15,17H,16,18H2,1-2H3,(H,30,31)/b28-15+. The molecule has 8 heteroatoms. The molecule has 35 heavy (non-hydrogen) atoms. The van der Waals surface area contributed by atoms with Gasteiger partial charge < -0.3 is 9.47 Å². The Morgan fingerprint density at radius 1 is 1.09 bits per heavy atom. The molecule has 6 nitrogen and oxygen atoms in total. The molecule has 178 valence electrons. The fraction of sp³-hybridized carbons (Fsp3) is 0.148. The van der Waals surface area contributed by atoms with Gasteiger partial charge in [-0.2, -0.15) is 5.10 Å². The lowest BCUT2D eigenvalue weighted by Crippen LogP contribution is -2.19. The maximum absolute atomic E-state index is 12.2. The van der Waals surface area contributed by atoms with E-state index in [1.165, 1.54) is 28.7 Å². The zero-order valence-corrected chi connectivity index (χ0v) is 21.1. The molecule has 0 aliphatic heterocycles. The lowest BCUT2D eigenvalue weighted by molar-refractivity contribution is -0.118. The maximum atomic E-state index is 12.2. The van der Waals surface area contributed by atoms with Crippen molar-refractivity contribution in [3.63, 3.8) is 0 Å². The summed E-state index contributed by atoms with van der Waals surface area (Å²) < 4.78 is 12.3. The van der Waals surface area contributed by atoms with Crippen molar-refractivity contribution in [2.45, 2.75) is 17.9 Å². The number of nitrogens with one attached hydrogen (secondary N) is 1. The Hall–Kier alpha value is -3.62. The highest BCUT2D eigenvalue weighted by atomic mass is 32.2. The summed E-state index contributed by atoms with van der Waals surface area (Å²) in [5.74, 6) is 1.27. The third-order valence-corrected chi connectivity index (χ3v) is 7.14. The molecule has 4 aromatic rings. The SMILES string of the molecule is COc1cc(/C=N/NC(=O)CSc2nc(-c3ccccc3)cs2)ccc1OCc1ccccc1C. The molecule has 1 N–H and O–H groups in total. The van der Waals surface area contributed by atoms with Crippen LogP contribution in [-0.2, 0) is 11.4 Å². The summed E-state index contributed by atoms with van der Waals surface area (Å²) >= 11 is 2.91. The number of aryl methyl sites for hydroxylation is 1. The molecule has 0 aliphatic rings. The molecular weight excluding hydrogens is 478 g/mol. The smallest absolute Gasteiger partial charge is 0.250 e. The van der Waals surface area contributed by atoms with E-state index < -0.39 is 0 Å². The predicted molar refractivity (Wildman–Crippen MR) is 143 cm³/mol. The number of rotatable bonds is 10. The van der Waals surface area contributed by atoms with Gasteiger partial charge in [-0.1, -0.05) is 66.4 Å². The van der Waals surface area contributed by atoms with Gasteiger partial charge in [-0.05, 0) is 41.8 Å². The molecule has 0 bridgehead atoms. The topological polar surface area (TPSA) is 72.8 Å². The van der Waals surface area contributed by atoms with Crippen LogP contribution < -0.4 is 14.9 Å². The highest BCUT2D eigenvalue weighted by Crippen LogP contribution is 2.29. The van der Waals surface area contributed by atoms with Crippen molar-refractivity contribution in [1.29, 1.82) is 0 Å². The van der Waals surface area contributed by atoms with E-state index in [-0.39, 0.29) is 11.7 Å². The van der Waals surface area contributed by atoms with Crippen molar-refractivity contribution in [3.05, 3.63) is 94.9 Å². The minimum atomic E-state index is -0.201. The zero-order chi connectivity index (χ0) is 24.5. The monoisotopic (exact) mass is 503 g/mol. The molecule has 0 aliphatic carbocycles. The second kappa shape index (κ2) is 12.2. The van der Waals surface area contributed by atoms with Gasteiger partial charge in [0.05, 0.1) is 24.8 Å². The van der Waals surface area contributed by atoms with E-state index in [0.29, 0.717) is 18.1 Å². The summed E-state index contributed by atoms with van der Waals surface area (Å²) in [5, 5.41) is 6.06. The first kappa shape index (κ1) is 24.5. The molecule has 0 fully saturated rings. The number of carbonyl (C=O) groups is 1. The molecule has 0 saturated carbocycles. The second-order valence-corrected chi connectivity index (χ2v) is 9.65. The van der Waals surface area contributed by atoms with Crippen LogP contribution in [0.3, 0.4) is 0 Å². The van der Waals surface area contributed by atoms with Gasteiger partial charge in [-0.25, -0.2) is 10.4 Å². The number of benzene rings is 3. The van der Waals surface area contributed by atoms with E-state index in [0.717, 1.165) is 26.7 Å². The normalized spacial score (nSPS) is 10.9. The fourth-order valence-electron chi connectivity index (χ4n) is 3.21. The van der Waals surface area contributed by atoms with Gasteiger partial charge in [-0.3, -0.25) is 4.79 Å². The summed E-state index contributed by atoms with van der Waals surface area (Å²) in [6, 6.07) is 23.6. The highest BCUT2D eigenvalue weighted by molar-refractivity contribution is 8.01. The van der Waals surface area contributed by atoms with Crippen LogP contribution in [0.2, 0.25) is 0 Å². The second-order valence-electron chi connectivity index (χ2n) is 7.57. The number of methoxy groups -OCH3 is 1. The van der Waals surface area contributed by atoms with Gasteiger partial charge in [0, 0.05) is 10.9 Å². The third-order valence-electron chi connectivity index (χ3n) is 5.11. The average molecular weight is 504 g/mol. The van der Waals surface area contributed by atoms with Gasteiger partial charge in [0.2, 0.25) is 0 Å². The predicted octanol–water partition coefficient (Wildman–Crippen LogP) is 5.95.